The number of nitrogens with one attached hydrogen (secondary N) is 1. The summed E-state index contributed by atoms with van der Waals surface area (Å²) in [7, 11) is 0. The lowest BCUT2D eigenvalue weighted by molar-refractivity contribution is -0.137. The van der Waals surface area contributed by atoms with Crippen molar-refractivity contribution in [3.05, 3.63) is 113 Å². The number of hydrogen-bond donors (Lipinski definition) is 1. The molecule has 0 saturated carbocycles. The van der Waals surface area contributed by atoms with Gasteiger partial charge in [-0.25, -0.2) is 13.5 Å². The second-order valence-electron chi connectivity index (χ2n) is 11.4. The Balaban J connectivity index is 1.57. The molecule has 2 aliphatic rings. The number of aromatic nitrogens is 2. The molecule has 1 fully saturated rings. The van der Waals surface area contributed by atoms with Crippen molar-refractivity contribution in [1.82, 2.24) is 20.0 Å². The number of alkyl halides is 4. The molecule has 1 N–H and O–H groups in total. The molecule has 246 valence electrons. The van der Waals surface area contributed by atoms with Crippen LogP contribution < -0.4 is 10.2 Å². The molecule has 0 aliphatic carbocycles. The highest BCUT2D eigenvalue weighted by Crippen LogP contribution is 2.44. The van der Waals surface area contributed by atoms with Crippen molar-refractivity contribution in [3.8, 4) is 11.8 Å². The van der Waals surface area contributed by atoms with E-state index in [1.54, 1.807) is 37.3 Å². The Morgan fingerprint density at radius 1 is 1.04 bits per heavy atom. The number of likely N-dealkylation sites (tertiary alicyclic amines) is 1. The third kappa shape index (κ3) is 5.76. The average molecular weight is 663 g/mol. The number of hydrogen-bond acceptors (Lipinski definition) is 5. The van der Waals surface area contributed by atoms with Crippen molar-refractivity contribution < 1.29 is 36.3 Å². The van der Waals surface area contributed by atoms with Crippen LogP contribution in [0.15, 0.2) is 78.9 Å². The molecule has 9 nitrogen and oxygen atoms in total. The molecule has 0 spiro atoms. The SMILES string of the molecule is CCN1C(=O)[C@@H](NC(=O)c2cccc(C(F)(F)F)c2)[C@@H](c2ccc(F)cc2)c2c(C(=O)N3C[C@@H](F)C[C@H]3C#N)nn(-c3ccccc3)c21. The van der Waals surface area contributed by atoms with Gasteiger partial charge < -0.3 is 10.2 Å². The first-order valence-corrected chi connectivity index (χ1v) is 15.0. The fraction of sp³-hybridized carbons (Fsp3) is 0.265. The number of nitriles is 1. The molecule has 14 heteroatoms. The van der Waals surface area contributed by atoms with Gasteiger partial charge in [0.15, 0.2) is 5.69 Å². The summed E-state index contributed by atoms with van der Waals surface area (Å²) in [4.78, 5) is 44.5. The Kier molecular flexibility index (Phi) is 8.46. The molecule has 1 saturated heterocycles. The summed E-state index contributed by atoms with van der Waals surface area (Å²) >= 11 is 0. The number of carbonyl (C=O) groups is 3. The van der Waals surface area contributed by atoms with E-state index < -0.39 is 59.5 Å². The number of para-hydroxylation sites is 1. The summed E-state index contributed by atoms with van der Waals surface area (Å²) < 4.78 is 70.5. The van der Waals surface area contributed by atoms with Crippen LogP contribution in [-0.4, -0.2) is 63.7 Å². The first kappa shape index (κ1) is 32.4. The van der Waals surface area contributed by atoms with E-state index in [-0.39, 0.29) is 47.7 Å². The second-order valence-corrected chi connectivity index (χ2v) is 11.4. The van der Waals surface area contributed by atoms with Crippen molar-refractivity contribution in [1.29, 1.82) is 5.26 Å². The maximum Gasteiger partial charge on any atom is 0.416 e. The number of likely N-dealkylation sites (N-methyl/N-ethyl adjacent to an activating group) is 1. The Morgan fingerprint density at radius 2 is 1.75 bits per heavy atom. The zero-order valence-electron chi connectivity index (χ0n) is 25.3. The van der Waals surface area contributed by atoms with E-state index in [1.807, 2.05) is 6.07 Å². The van der Waals surface area contributed by atoms with Gasteiger partial charge in [0.1, 0.15) is 29.9 Å². The van der Waals surface area contributed by atoms with Crippen LogP contribution in [0.5, 0.6) is 0 Å². The predicted molar refractivity (Wildman–Crippen MR) is 162 cm³/mol. The van der Waals surface area contributed by atoms with Gasteiger partial charge in [0.2, 0.25) is 0 Å². The quantitative estimate of drug-likeness (QED) is 0.278. The highest BCUT2D eigenvalue weighted by molar-refractivity contribution is 6.07. The molecule has 0 unspecified atom stereocenters. The largest absolute Gasteiger partial charge is 0.416 e. The number of benzene rings is 3. The first-order valence-electron chi connectivity index (χ1n) is 15.0. The highest BCUT2D eigenvalue weighted by Gasteiger charge is 2.49. The Labute approximate surface area is 271 Å². The molecule has 1 aromatic heterocycles. The van der Waals surface area contributed by atoms with Crippen LogP contribution in [0, 0.1) is 17.1 Å². The van der Waals surface area contributed by atoms with Gasteiger partial charge in [-0.2, -0.15) is 23.5 Å². The summed E-state index contributed by atoms with van der Waals surface area (Å²) in [6.07, 6.45) is -6.41. The highest BCUT2D eigenvalue weighted by atomic mass is 19.4. The Bertz CT molecular complexity index is 1920. The van der Waals surface area contributed by atoms with Crippen molar-refractivity contribution in [2.24, 2.45) is 0 Å². The van der Waals surface area contributed by atoms with Gasteiger partial charge in [-0.15, -0.1) is 0 Å². The molecular weight excluding hydrogens is 635 g/mol. The number of fused-ring (bicyclic) bond motifs is 1. The van der Waals surface area contributed by atoms with Gasteiger partial charge >= 0.3 is 6.18 Å². The molecule has 4 atom stereocenters. The minimum Gasteiger partial charge on any atom is -0.339 e. The minimum atomic E-state index is -4.74. The number of amides is 3. The molecular formula is C34H27F5N6O3. The number of halogens is 5. The Morgan fingerprint density at radius 3 is 2.40 bits per heavy atom. The number of nitrogens with zero attached hydrogens (tertiary/aromatic N) is 5. The molecule has 4 aromatic rings. The first-order chi connectivity index (χ1) is 22.9. The van der Waals surface area contributed by atoms with E-state index in [2.05, 4.69) is 10.4 Å². The zero-order chi connectivity index (χ0) is 34.3. The number of anilines is 1. The smallest absolute Gasteiger partial charge is 0.339 e. The van der Waals surface area contributed by atoms with E-state index in [9.17, 15) is 41.6 Å². The summed E-state index contributed by atoms with van der Waals surface area (Å²) in [5.74, 6) is -4.14. The van der Waals surface area contributed by atoms with E-state index in [4.69, 9.17) is 0 Å². The van der Waals surface area contributed by atoms with E-state index in [0.29, 0.717) is 11.8 Å². The molecule has 0 radical (unpaired) electrons. The van der Waals surface area contributed by atoms with Gasteiger partial charge in [-0.3, -0.25) is 19.3 Å². The summed E-state index contributed by atoms with van der Waals surface area (Å²) in [5.41, 5.74) is -0.821. The van der Waals surface area contributed by atoms with Crippen LogP contribution in [-0.2, 0) is 11.0 Å². The van der Waals surface area contributed by atoms with Gasteiger partial charge in [-0.05, 0) is 55.0 Å². The second kappa shape index (κ2) is 12.6. The molecule has 6 rings (SSSR count). The summed E-state index contributed by atoms with van der Waals surface area (Å²) in [6.45, 7) is 1.29. The third-order valence-electron chi connectivity index (χ3n) is 8.48. The predicted octanol–water partition coefficient (Wildman–Crippen LogP) is 5.40. The number of rotatable bonds is 6. The molecule has 2 aliphatic heterocycles. The molecule has 0 bridgehead atoms. The lowest BCUT2D eigenvalue weighted by Crippen LogP contribution is -2.55. The summed E-state index contributed by atoms with van der Waals surface area (Å²) in [5, 5.41) is 16.9. The van der Waals surface area contributed by atoms with Gasteiger partial charge in [0.05, 0.1) is 23.9 Å². The van der Waals surface area contributed by atoms with Gasteiger partial charge in [0, 0.05) is 30.0 Å². The normalized spacial score (nSPS) is 20.7. The lowest BCUT2D eigenvalue weighted by Gasteiger charge is -2.38. The van der Waals surface area contributed by atoms with Crippen molar-refractivity contribution in [3.63, 3.8) is 0 Å². The fourth-order valence-corrected chi connectivity index (χ4v) is 6.26. The van der Waals surface area contributed by atoms with E-state index in [0.717, 1.165) is 29.2 Å². The molecule has 48 heavy (non-hydrogen) atoms. The average Bonchev–Trinajstić information content (AvgIpc) is 3.66. The van der Waals surface area contributed by atoms with Gasteiger partial charge in [-0.1, -0.05) is 36.4 Å². The van der Waals surface area contributed by atoms with Crippen LogP contribution >= 0.6 is 0 Å². The summed E-state index contributed by atoms with van der Waals surface area (Å²) in [6, 6.07) is 16.5. The lowest BCUT2D eigenvalue weighted by atomic mass is 9.80. The van der Waals surface area contributed by atoms with Crippen molar-refractivity contribution in [2.75, 3.05) is 18.0 Å². The molecule has 3 aromatic carbocycles. The maximum atomic E-state index is 14.5. The number of carbonyl (C=O) groups excluding carboxylic acids is 3. The Hall–Kier alpha value is -5.58. The molecule has 3 amide bonds. The van der Waals surface area contributed by atoms with Crippen LogP contribution in [0.3, 0.4) is 0 Å². The maximum absolute atomic E-state index is 14.5. The molecule has 3 heterocycles. The standard InChI is InChI=1S/C34H27F5N6O3/c1-2-43-31-27(29(42-45(31)24-9-4-3-5-10-24)33(48)44-18-23(36)16-25(44)17-40)26(19-11-13-22(35)14-12-19)28(32(43)47)41-30(46)20-7-6-8-21(15-20)34(37,38)39/h3-15,23,25-26,28H,2,16,18H2,1H3,(H,41,46)/t23-,25-,26-,28-/m0/s1. The van der Waals surface area contributed by atoms with E-state index >= 15 is 0 Å². The van der Waals surface area contributed by atoms with E-state index in [1.165, 1.54) is 27.8 Å². The fourth-order valence-electron chi connectivity index (χ4n) is 6.26. The third-order valence-corrected chi connectivity index (χ3v) is 8.48. The van der Waals surface area contributed by atoms with Crippen LogP contribution in [0.4, 0.5) is 27.8 Å². The van der Waals surface area contributed by atoms with Crippen LogP contribution in [0.1, 0.15) is 56.8 Å². The topological polar surface area (TPSA) is 111 Å². The van der Waals surface area contributed by atoms with Crippen LogP contribution in [0.2, 0.25) is 0 Å². The van der Waals surface area contributed by atoms with Gasteiger partial charge in [0.25, 0.3) is 17.7 Å². The minimum absolute atomic E-state index is 0.0150. The van der Waals surface area contributed by atoms with Crippen molar-refractivity contribution in [2.45, 2.75) is 43.7 Å². The van der Waals surface area contributed by atoms with Crippen molar-refractivity contribution >= 4 is 23.5 Å². The van der Waals surface area contributed by atoms with Crippen LogP contribution in [0.25, 0.3) is 5.69 Å². The monoisotopic (exact) mass is 662 g/mol. The zero-order valence-corrected chi connectivity index (χ0v) is 25.3.